The van der Waals surface area contributed by atoms with Gasteiger partial charge in [-0.2, -0.15) is 0 Å². The average molecular weight is 310 g/mol. The van der Waals surface area contributed by atoms with Crippen LogP contribution in [0.1, 0.15) is 5.01 Å². The first-order valence-corrected chi connectivity index (χ1v) is 8.66. The predicted molar refractivity (Wildman–Crippen MR) is 79.5 cm³/mol. The summed E-state index contributed by atoms with van der Waals surface area (Å²) in [6.07, 6.45) is 0. The number of benzene rings is 1. The van der Waals surface area contributed by atoms with Gasteiger partial charge in [-0.15, -0.1) is 22.7 Å². The maximum absolute atomic E-state index is 12.1. The fourth-order valence-corrected chi connectivity index (χ4v) is 4.58. The number of fused-ring (bicyclic) bond motifs is 1. The summed E-state index contributed by atoms with van der Waals surface area (Å²) in [6, 6.07) is 8.69. The second-order valence-corrected chi connectivity index (χ2v) is 8.04. The second kappa shape index (κ2) is 4.59. The molecule has 4 nitrogen and oxygen atoms in total. The molecule has 0 aliphatic carbocycles. The van der Waals surface area contributed by atoms with Crippen LogP contribution in [0.4, 0.5) is 5.69 Å². The minimum atomic E-state index is -3.49. The summed E-state index contributed by atoms with van der Waals surface area (Å²) < 4.78 is 28.1. The molecule has 0 atom stereocenters. The average Bonchev–Trinajstić information content (AvgIpc) is 2.95. The van der Waals surface area contributed by atoms with Gasteiger partial charge in [-0.1, -0.05) is 6.07 Å². The molecule has 0 fully saturated rings. The molecule has 0 aliphatic rings. The Morgan fingerprint density at radius 3 is 2.84 bits per heavy atom. The first kappa shape index (κ1) is 12.6. The molecule has 1 aromatic carbocycles. The van der Waals surface area contributed by atoms with Gasteiger partial charge in [-0.3, -0.25) is 4.72 Å². The van der Waals surface area contributed by atoms with E-state index in [1.165, 1.54) is 11.3 Å². The number of thiophene rings is 1. The molecule has 0 amide bonds. The molecule has 3 rings (SSSR count). The van der Waals surface area contributed by atoms with Crippen molar-refractivity contribution in [1.82, 2.24) is 4.98 Å². The zero-order valence-corrected chi connectivity index (χ0v) is 12.4. The highest BCUT2D eigenvalue weighted by Crippen LogP contribution is 2.26. The Hall–Kier alpha value is -1.44. The number of anilines is 1. The highest BCUT2D eigenvalue weighted by molar-refractivity contribution is 7.94. The van der Waals surface area contributed by atoms with Gasteiger partial charge in [-0.05, 0) is 36.6 Å². The van der Waals surface area contributed by atoms with E-state index in [4.69, 9.17) is 0 Å². The summed E-state index contributed by atoms with van der Waals surface area (Å²) >= 11 is 2.78. The summed E-state index contributed by atoms with van der Waals surface area (Å²) in [6.45, 7) is 1.93. The number of nitrogens with zero attached hydrogens (tertiary/aromatic N) is 1. The zero-order valence-electron chi connectivity index (χ0n) is 9.95. The molecule has 0 saturated heterocycles. The van der Waals surface area contributed by atoms with Crippen molar-refractivity contribution >= 4 is 48.6 Å². The Morgan fingerprint density at radius 1 is 1.26 bits per heavy atom. The maximum Gasteiger partial charge on any atom is 0.271 e. The normalized spacial score (nSPS) is 11.8. The van der Waals surface area contributed by atoms with Crippen molar-refractivity contribution in [2.24, 2.45) is 0 Å². The first-order valence-electron chi connectivity index (χ1n) is 5.48. The second-order valence-electron chi connectivity index (χ2n) is 3.95. The molecule has 98 valence electrons. The van der Waals surface area contributed by atoms with E-state index in [9.17, 15) is 8.42 Å². The monoisotopic (exact) mass is 310 g/mol. The minimum Gasteiger partial charge on any atom is -0.279 e. The van der Waals surface area contributed by atoms with Crippen molar-refractivity contribution in [2.45, 2.75) is 11.1 Å². The van der Waals surface area contributed by atoms with Crippen LogP contribution < -0.4 is 4.72 Å². The van der Waals surface area contributed by atoms with Gasteiger partial charge in [0.1, 0.15) is 4.21 Å². The van der Waals surface area contributed by atoms with E-state index in [1.54, 1.807) is 41.0 Å². The highest BCUT2D eigenvalue weighted by atomic mass is 32.2. The zero-order chi connectivity index (χ0) is 13.5. The van der Waals surface area contributed by atoms with Crippen LogP contribution in [-0.2, 0) is 10.0 Å². The van der Waals surface area contributed by atoms with Crippen LogP contribution in [0.5, 0.6) is 0 Å². The van der Waals surface area contributed by atoms with E-state index in [2.05, 4.69) is 9.71 Å². The third kappa shape index (κ3) is 2.49. The Balaban J connectivity index is 1.97. The number of thiazole rings is 1. The number of sulfonamides is 1. The van der Waals surface area contributed by atoms with Gasteiger partial charge >= 0.3 is 0 Å². The van der Waals surface area contributed by atoms with Gasteiger partial charge < -0.3 is 0 Å². The van der Waals surface area contributed by atoms with E-state index in [0.29, 0.717) is 9.90 Å². The lowest BCUT2D eigenvalue weighted by Gasteiger charge is -2.05. The summed E-state index contributed by atoms with van der Waals surface area (Å²) in [4.78, 5) is 4.35. The number of nitrogens with one attached hydrogen (secondary N) is 1. The van der Waals surface area contributed by atoms with Crippen LogP contribution in [0.2, 0.25) is 0 Å². The summed E-state index contributed by atoms with van der Waals surface area (Å²) in [7, 11) is -3.49. The fourth-order valence-electron chi connectivity index (χ4n) is 1.73. The molecule has 2 heterocycles. The lowest BCUT2D eigenvalue weighted by Crippen LogP contribution is -2.11. The van der Waals surface area contributed by atoms with E-state index < -0.39 is 10.0 Å². The quantitative estimate of drug-likeness (QED) is 0.806. The lowest BCUT2D eigenvalue weighted by atomic mass is 10.3. The molecule has 2 aromatic heterocycles. The van der Waals surface area contributed by atoms with Crippen LogP contribution in [0.3, 0.4) is 0 Å². The molecule has 0 radical (unpaired) electrons. The third-order valence-corrected chi connectivity index (χ3v) is 6.24. The van der Waals surface area contributed by atoms with Crippen molar-refractivity contribution < 1.29 is 8.42 Å². The molecule has 0 aliphatic heterocycles. The molecule has 0 bridgehead atoms. The van der Waals surface area contributed by atoms with Gasteiger partial charge in [0.15, 0.2) is 0 Å². The molecule has 1 N–H and O–H groups in total. The molecule has 7 heteroatoms. The molecule has 3 aromatic rings. The number of aromatic nitrogens is 1. The molecule has 0 spiro atoms. The third-order valence-electron chi connectivity index (χ3n) is 2.51. The van der Waals surface area contributed by atoms with Gasteiger partial charge in [0, 0.05) is 0 Å². The van der Waals surface area contributed by atoms with Crippen molar-refractivity contribution in [1.29, 1.82) is 0 Å². The SMILES string of the molecule is Cc1nc2cc(NS(=O)(=O)c3cccs3)ccc2s1. The minimum absolute atomic E-state index is 0.307. The molecular weight excluding hydrogens is 300 g/mol. The molecule has 0 unspecified atom stereocenters. The topological polar surface area (TPSA) is 59.1 Å². The lowest BCUT2D eigenvalue weighted by molar-refractivity contribution is 0.603. The van der Waals surface area contributed by atoms with Gasteiger partial charge in [-0.25, -0.2) is 13.4 Å². The fraction of sp³-hybridized carbons (Fsp3) is 0.0833. The number of hydrogen-bond donors (Lipinski definition) is 1. The van der Waals surface area contributed by atoms with E-state index >= 15 is 0 Å². The highest BCUT2D eigenvalue weighted by Gasteiger charge is 2.15. The standard InChI is InChI=1S/C12H10N2O2S3/c1-8-13-10-7-9(4-5-11(10)18-8)14-19(15,16)12-3-2-6-17-12/h2-7,14H,1H3. The number of hydrogen-bond acceptors (Lipinski definition) is 5. The van der Waals surface area contributed by atoms with Crippen molar-refractivity contribution in [3.8, 4) is 0 Å². The Bertz CT molecular complexity index is 820. The molecular formula is C12H10N2O2S3. The van der Waals surface area contributed by atoms with Gasteiger partial charge in [0.2, 0.25) is 0 Å². The van der Waals surface area contributed by atoms with Crippen LogP contribution in [0, 0.1) is 6.92 Å². The Morgan fingerprint density at radius 2 is 2.11 bits per heavy atom. The predicted octanol–water partition coefficient (Wildman–Crippen LogP) is 3.47. The van der Waals surface area contributed by atoms with Crippen LogP contribution in [-0.4, -0.2) is 13.4 Å². The summed E-state index contributed by atoms with van der Waals surface area (Å²) in [5.41, 5.74) is 1.35. The number of aryl methyl sites for hydroxylation is 1. The maximum atomic E-state index is 12.1. The largest absolute Gasteiger partial charge is 0.279 e. The van der Waals surface area contributed by atoms with E-state index in [0.717, 1.165) is 15.2 Å². The van der Waals surface area contributed by atoms with E-state index in [1.807, 2.05) is 13.0 Å². The molecule has 0 saturated carbocycles. The van der Waals surface area contributed by atoms with Crippen molar-refractivity contribution in [3.63, 3.8) is 0 Å². The van der Waals surface area contributed by atoms with Gasteiger partial charge in [0.05, 0.1) is 20.9 Å². The number of rotatable bonds is 3. The summed E-state index contributed by atoms with van der Waals surface area (Å²) in [5, 5.41) is 2.70. The van der Waals surface area contributed by atoms with Crippen molar-refractivity contribution in [3.05, 3.63) is 40.7 Å². The van der Waals surface area contributed by atoms with Crippen LogP contribution >= 0.6 is 22.7 Å². The van der Waals surface area contributed by atoms with E-state index in [-0.39, 0.29) is 0 Å². The van der Waals surface area contributed by atoms with Gasteiger partial charge in [0.25, 0.3) is 10.0 Å². The molecule has 19 heavy (non-hydrogen) atoms. The summed E-state index contributed by atoms with van der Waals surface area (Å²) in [5.74, 6) is 0. The Labute approximate surface area is 118 Å². The Kier molecular flexibility index (Phi) is 3.04. The first-order chi connectivity index (χ1) is 9.04. The van der Waals surface area contributed by atoms with Crippen LogP contribution in [0.25, 0.3) is 10.2 Å². The van der Waals surface area contributed by atoms with Crippen molar-refractivity contribution in [2.75, 3.05) is 4.72 Å². The van der Waals surface area contributed by atoms with Crippen LogP contribution in [0.15, 0.2) is 39.9 Å². The smallest absolute Gasteiger partial charge is 0.271 e.